The summed E-state index contributed by atoms with van der Waals surface area (Å²) in [5, 5.41) is 5.47. The number of likely N-dealkylation sites (N-methyl/N-ethyl adjacent to an activating group) is 1. The van der Waals surface area contributed by atoms with E-state index in [2.05, 4.69) is 15.6 Å². The van der Waals surface area contributed by atoms with E-state index in [1.807, 2.05) is 6.92 Å². The van der Waals surface area contributed by atoms with E-state index in [0.717, 1.165) is 5.56 Å². The van der Waals surface area contributed by atoms with Crippen LogP contribution in [-0.2, 0) is 20.9 Å². The molecule has 1 aliphatic rings. The van der Waals surface area contributed by atoms with Crippen molar-refractivity contribution in [2.45, 2.75) is 19.5 Å². The monoisotopic (exact) mass is 372 g/mol. The molecule has 1 aliphatic heterocycles. The minimum Gasteiger partial charge on any atom is -0.344 e. The van der Waals surface area contributed by atoms with Gasteiger partial charge in [-0.15, -0.1) is 0 Å². The lowest BCUT2D eigenvalue weighted by atomic mass is 10.1. The van der Waals surface area contributed by atoms with Crippen molar-refractivity contribution < 1.29 is 14.4 Å². The number of carbonyl (C=O) groups is 3. The molecule has 0 spiro atoms. The molecule has 1 aromatic carbocycles. The summed E-state index contributed by atoms with van der Waals surface area (Å²) in [6, 6.07) is 7.58. The Balaban J connectivity index is 1.70. The van der Waals surface area contributed by atoms with Crippen molar-refractivity contribution in [1.82, 2.24) is 15.6 Å². The van der Waals surface area contributed by atoms with E-state index in [9.17, 15) is 14.4 Å². The predicted octanol–water partition coefficient (Wildman–Crippen LogP) is 1.58. The van der Waals surface area contributed by atoms with Crippen molar-refractivity contribution in [1.29, 1.82) is 0 Å². The molecule has 134 valence electrons. The second-order valence-corrected chi connectivity index (χ2v) is 6.17. The number of pyridine rings is 1. The molecule has 8 heteroatoms. The molecule has 0 fully saturated rings. The highest BCUT2D eigenvalue weighted by atomic mass is 35.5. The van der Waals surface area contributed by atoms with Gasteiger partial charge in [0.15, 0.2) is 0 Å². The fraction of sp³-hybridized carbons (Fsp3) is 0.222. The third-order valence-electron chi connectivity index (χ3n) is 4.10. The first-order chi connectivity index (χ1) is 12.5. The first-order valence-corrected chi connectivity index (χ1v) is 8.47. The Kier molecular flexibility index (Phi) is 5.18. The number of benzene rings is 1. The van der Waals surface area contributed by atoms with Gasteiger partial charge >= 0.3 is 11.8 Å². The summed E-state index contributed by atoms with van der Waals surface area (Å²) < 4.78 is 0. The van der Waals surface area contributed by atoms with Crippen LogP contribution in [0.3, 0.4) is 0 Å². The van der Waals surface area contributed by atoms with E-state index in [-0.39, 0.29) is 12.5 Å². The molecular weight excluding hydrogens is 356 g/mol. The zero-order valence-corrected chi connectivity index (χ0v) is 14.8. The Hall–Kier alpha value is -2.93. The molecule has 3 amide bonds. The number of hydrogen-bond donors (Lipinski definition) is 2. The SMILES string of the molecule is CCN1C(=O)[C@@H](NC(=O)C(=O)NCc2ccncc2)c2cc(Cl)ccc21. The van der Waals surface area contributed by atoms with Crippen LogP contribution in [0.4, 0.5) is 5.69 Å². The van der Waals surface area contributed by atoms with Crippen molar-refractivity contribution in [2.24, 2.45) is 0 Å². The fourth-order valence-corrected chi connectivity index (χ4v) is 3.02. The minimum atomic E-state index is -0.928. The quantitative estimate of drug-likeness (QED) is 0.797. The molecule has 3 rings (SSSR count). The molecule has 0 bridgehead atoms. The first kappa shape index (κ1) is 17.9. The van der Waals surface area contributed by atoms with Crippen LogP contribution in [0.1, 0.15) is 24.1 Å². The number of amides is 3. The third-order valence-corrected chi connectivity index (χ3v) is 4.34. The van der Waals surface area contributed by atoms with Crippen LogP contribution in [0.25, 0.3) is 0 Å². The van der Waals surface area contributed by atoms with Crippen LogP contribution in [0.2, 0.25) is 5.02 Å². The number of nitrogens with one attached hydrogen (secondary N) is 2. The van der Waals surface area contributed by atoms with E-state index in [1.54, 1.807) is 47.6 Å². The van der Waals surface area contributed by atoms with Gasteiger partial charge in [-0.3, -0.25) is 19.4 Å². The topological polar surface area (TPSA) is 91.4 Å². The number of fused-ring (bicyclic) bond motifs is 1. The molecule has 0 saturated heterocycles. The van der Waals surface area contributed by atoms with Crippen LogP contribution in [0.5, 0.6) is 0 Å². The minimum absolute atomic E-state index is 0.191. The number of nitrogens with zero attached hydrogens (tertiary/aromatic N) is 2. The molecule has 2 aromatic rings. The normalized spacial score (nSPS) is 15.5. The molecule has 1 aromatic heterocycles. The van der Waals surface area contributed by atoms with E-state index >= 15 is 0 Å². The van der Waals surface area contributed by atoms with E-state index in [0.29, 0.717) is 22.8 Å². The summed E-state index contributed by atoms with van der Waals surface area (Å²) in [5.41, 5.74) is 2.08. The summed E-state index contributed by atoms with van der Waals surface area (Å²) in [5.74, 6) is -1.98. The summed E-state index contributed by atoms with van der Waals surface area (Å²) >= 11 is 6.02. The second-order valence-electron chi connectivity index (χ2n) is 5.73. The van der Waals surface area contributed by atoms with Crippen molar-refractivity contribution >= 4 is 35.0 Å². The van der Waals surface area contributed by atoms with Crippen LogP contribution >= 0.6 is 11.6 Å². The summed E-state index contributed by atoms with van der Waals surface area (Å²) in [7, 11) is 0. The lowest BCUT2D eigenvalue weighted by Crippen LogP contribution is -2.44. The predicted molar refractivity (Wildman–Crippen MR) is 96.4 cm³/mol. The molecule has 2 N–H and O–H groups in total. The van der Waals surface area contributed by atoms with Crippen LogP contribution in [-0.4, -0.2) is 29.3 Å². The highest BCUT2D eigenvalue weighted by Gasteiger charge is 2.38. The largest absolute Gasteiger partial charge is 0.344 e. The Morgan fingerprint density at radius 3 is 2.62 bits per heavy atom. The Morgan fingerprint density at radius 2 is 1.92 bits per heavy atom. The average Bonchev–Trinajstić information content (AvgIpc) is 2.91. The van der Waals surface area contributed by atoms with Crippen molar-refractivity contribution in [2.75, 3.05) is 11.4 Å². The summed E-state index contributed by atoms with van der Waals surface area (Å²) in [6.45, 7) is 2.48. The zero-order chi connectivity index (χ0) is 18.7. The van der Waals surface area contributed by atoms with Gasteiger partial charge in [-0.1, -0.05) is 11.6 Å². The maximum atomic E-state index is 12.6. The Morgan fingerprint density at radius 1 is 1.19 bits per heavy atom. The summed E-state index contributed by atoms with van der Waals surface area (Å²) in [4.78, 5) is 42.3. The second kappa shape index (κ2) is 7.53. The van der Waals surface area contributed by atoms with Crippen molar-refractivity contribution in [3.8, 4) is 0 Å². The van der Waals surface area contributed by atoms with Gasteiger partial charge in [0.1, 0.15) is 6.04 Å². The molecule has 7 nitrogen and oxygen atoms in total. The molecule has 0 aliphatic carbocycles. The van der Waals surface area contributed by atoms with Crippen LogP contribution in [0, 0.1) is 0 Å². The fourth-order valence-electron chi connectivity index (χ4n) is 2.84. The number of aromatic nitrogens is 1. The highest BCUT2D eigenvalue weighted by Crippen LogP contribution is 2.37. The van der Waals surface area contributed by atoms with Crippen molar-refractivity contribution in [3.05, 3.63) is 58.9 Å². The van der Waals surface area contributed by atoms with Gasteiger partial charge in [0.2, 0.25) is 0 Å². The smallest absolute Gasteiger partial charge is 0.310 e. The summed E-state index contributed by atoms with van der Waals surface area (Å²) in [6.07, 6.45) is 3.19. The van der Waals surface area contributed by atoms with Gasteiger partial charge in [-0.25, -0.2) is 0 Å². The lowest BCUT2D eigenvalue weighted by molar-refractivity contribution is -0.140. The molecule has 1 atom stereocenters. The maximum Gasteiger partial charge on any atom is 0.310 e. The van der Waals surface area contributed by atoms with Gasteiger partial charge in [-0.2, -0.15) is 0 Å². The molecule has 2 heterocycles. The van der Waals surface area contributed by atoms with E-state index in [1.165, 1.54) is 0 Å². The molecule has 0 unspecified atom stereocenters. The van der Waals surface area contributed by atoms with E-state index in [4.69, 9.17) is 11.6 Å². The average molecular weight is 373 g/mol. The van der Waals surface area contributed by atoms with Crippen LogP contribution < -0.4 is 15.5 Å². The molecule has 0 saturated carbocycles. The Labute approximate surface area is 155 Å². The number of rotatable bonds is 4. The lowest BCUT2D eigenvalue weighted by Gasteiger charge is -2.15. The zero-order valence-electron chi connectivity index (χ0n) is 14.0. The molecular formula is C18H17ClN4O3. The third kappa shape index (κ3) is 3.52. The standard InChI is InChI=1S/C18H17ClN4O3/c1-2-23-14-4-3-12(19)9-13(14)15(18(23)26)22-17(25)16(24)21-10-11-5-7-20-8-6-11/h3-9,15H,2,10H2,1H3,(H,21,24)(H,22,25)/t15-/m0/s1. The number of halogens is 1. The maximum absolute atomic E-state index is 12.6. The van der Waals surface area contributed by atoms with Gasteiger partial charge in [0.05, 0.1) is 0 Å². The molecule has 26 heavy (non-hydrogen) atoms. The van der Waals surface area contributed by atoms with Gasteiger partial charge in [-0.05, 0) is 42.8 Å². The van der Waals surface area contributed by atoms with Gasteiger partial charge in [0.25, 0.3) is 5.91 Å². The molecule has 0 radical (unpaired) electrons. The highest BCUT2D eigenvalue weighted by molar-refractivity contribution is 6.35. The number of hydrogen-bond acceptors (Lipinski definition) is 4. The number of carbonyl (C=O) groups excluding carboxylic acids is 3. The van der Waals surface area contributed by atoms with Crippen LogP contribution in [0.15, 0.2) is 42.7 Å². The van der Waals surface area contributed by atoms with Crippen molar-refractivity contribution in [3.63, 3.8) is 0 Å². The van der Waals surface area contributed by atoms with E-state index < -0.39 is 17.9 Å². The van der Waals surface area contributed by atoms with Gasteiger partial charge in [0, 0.05) is 41.8 Å². The first-order valence-electron chi connectivity index (χ1n) is 8.09. The Bertz CT molecular complexity index is 857. The number of anilines is 1. The van der Waals surface area contributed by atoms with Gasteiger partial charge < -0.3 is 15.5 Å².